The maximum atomic E-state index is 11.1. The lowest BCUT2D eigenvalue weighted by atomic mass is 10.1. The quantitative estimate of drug-likeness (QED) is 0.200. The van der Waals surface area contributed by atoms with Crippen LogP contribution < -0.4 is 0 Å². The van der Waals surface area contributed by atoms with E-state index in [-0.39, 0.29) is 5.97 Å². The van der Waals surface area contributed by atoms with Crippen LogP contribution in [-0.2, 0) is 9.53 Å². The van der Waals surface area contributed by atoms with Crippen LogP contribution in [0.1, 0.15) is 90.9 Å². The highest BCUT2D eigenvalue weighted by molar-refractivity contribution is 5.69. The molecule has 0 atom stereocenters. The van der Waals surface area contributed by atoms with E-state index in [1.807, 2.05) is 6.92 Å². The topological polar surface area (TPSA) is 26.3 Å². The third kappa shape index (κ3) is 17.0. The Morgan fingerprint density at radius 1 is 0.773 bits per heavy atom. The molecule has 0 N–H and O–H groups in total. The second-order valence-electron chi connectivity index (χ2n) is 5.82. The van der Waals surface area contributed by atoms with Gasteiger partial charge in [-0.25, -0.2) is 0 Å². The van der Waals surface area contributed by atoms with Crippen molar-refractivity contribution in [3.8, 4) is 0 Å². The number of rotatable bonds is 15. The van der Waals surface area contributed by atoms with Gasteiger partial charge in [-0.15, -0.1) is 0 Å². The van der Waals surface area contributed by atoms with Crippen LogP contribution in [0.5, 0.6) is 0 Å². The highest BCUT2D eigenvalue weighted by Gasteiger charge is 2.00. The van der Waals surface area contributed by atoms with Crippen LogP contribution in [0.25, 0.3) is 0 Å². The maximum Gasteiger partial charge on any atom is 0.305 e. The van der Waals surface area contributed by atoms with E-state index < -0.39 is 0 Å². The van der Waals surface area contributed by atoms with Crippen LogP contribution in [-0.4, -0.2) is 12.6 Å². The van der Waals surface area contributed by atoms with Crippen molar-refractivity contribution < 1.29 is 9.53 Å². The highest BCUT2D eigenvalue weighted by Crippen LogP contribution is 2.08. The van der Waals surface area contributed by atoms with Crippen molar-refractivity contribution in [3.63, 3.8) is 0 Å². The Morgan fingerprint density at radius 3 is 1.91 bits per heavy atom. The molecule has 0 fully saturated rings. The van der Waals surface area contributed by atoms with Crippen molar-refractivity contribution >= 4 is 5.97 Å². The van der Waals surface area contributed by atoms with Crippen LogP contribution in [0.2, 0.25) is 0 Å². The minimum Gasteiger partial charge on any atom is -0.466 e. The lowest BCUT2D eigenvalue weighted by molar-refractivity contribution is -0.143. The number of carbonyl (C=O) groups is 1. The van der Waals surface area contributed by atoms with E-state index in [0.29, 0.717) is 13.0 Å². The molecule has 0 aliphatic heterocycles. The summed E-state index contributed by atoms with van der Waals surface area (Å²) in [6.45, 7) is 4.60. The van der Waals surface area contributed by atoms with Gasteiger partial charge in [0.05, 0.1) is 6.61 Å². The predicted molar refractivity (Wildman–Crippen MR) is 96.0 cm³/mol. The molecule has 2 heteroatoms. The summed E-state index contributed by atoms with van der Waals surface area (Å²) in [6.07, 6.45) is 23.1. The van der Waals surface area contributed by atoms with Crippen LogP contribution in [0, 0.1) is 0 Å². The molecule has 128 valence electrons. The molecule has 2 nitrogen and oxygen atoms in total. The number of esters is 1. The Balaban J connectivity index is 3.23. The zero-order valence-electron chi connectivity index (χ0n) is 14.8. The van der Waals surface area contributed by atoms with Crippen LogP contribution in [0.3, 0.4) is 0 Å². The van der Waals surface area contributed by atoms with Crippen molar-refractivity contribution in [2.75, 3.05) is 6.61 Å². The molecule has 0 aliphatic rings. The first-order valence-electron chi connectivity index (χ1n) is 9.28. The number of ether oxygens (including phenoxy) is 1. The lowest BCUT2D eigenvalue weighted by Crippen LogP contribution is -2.03. The molecule has 0 spiro atoms. The summed E-state index contributed by atoms with van der Waals surface area (Å²) in [7, 11) is 0. The van der Waals surface area contributed by atoms with E-state index in [9.17, 15) is 4.79 Å². The second-order valence-corrected chi connectivity index (χ2v) is 5.82. The summed E-state index contributed by atoms with van der Waals surface area (Å²) in [5, 5.41) is 0. The number of hydrogen-bond donors (Lipinski definition) is 0. The average Bonchev–Trinajstić information content (AvgIpc) is 2.51. The fourth-order valence-electron chi connectivity index (χ4n) is 2.33. The van der Waals surface area contributed by atoms with Crippen LogP contribution in [0.15, 0.2) is 24.3 Å². The van der Waals surface area contributed by atoms with E-state index in [0.717, 1.165) is 19.3 Å². The van der Waals surface area contributed by atoms with Crippen molar-refractivity contribution in [1.82, 2.24) is 0 Å². The average molecular weight is 309 g/mol. The maximum absolute atomic E-state index is 11.1. The molecule has 0 radical (unpaired) electrons. The number of carbonyl (C=O) groups excluding carboxylic acids is 1. The molecular formula is C20H36O2. The number of allylic oxidation sites excluding steroid dienone is 4. The molecule has 0 aromatic rings. The van der Waals surface area contributed by atoms with Gasteiger partial charge in [0.1, 0.15) is 0 Å². The summed E-state index contributed by atoms with van der Waals surface area (Å²) in [5.41, 5.74) is 0. The molecule has 0 aliphatic carbocycles. The van der Waals surface area contributed by atoms with Crippen LogP contribution in [0.4, 0.5) is 0 Å². The molecule has 22 heavy (non-hydrogen) atoms. The zero-order chi connectivity index (χ0) is 16.3. The number of hydrogen-bond acceptors (Lipinski definition) is 2. The van der Waals surface area contributed by atoms with Gasteiger partial charge in [-0.3, -0.25) is 4.79 Å². The third-order valence-corrected chi connectivity index (χ3v) is 3.66. The van der Waals surface area contributed by atoms with Crippen molar-refractivity contribution in [2.45, 2.75) is 90.9 Å². The summed E-state index contributed by atoms with van der Waals surface area (Å²) in [5.74, 6) is -0.0492. The molecule has 0 aromatic heterocycles. The van der Waals surface area contributed by atoms with Gasteiger partial charge in [0.25, 0.3) is 0 Å². The van der Waals surface area contributed by atoms with Crippen molar-refractivity contribution in [2.24, 2.45) is 0 Å². The van der Waals surface area contributed by atoms with Crippen molar-refractivity contribution in [1.29, 1.82) is 0 Å². The Bertz CT molecular complexity index is 292. The van der Waals surface area contributed by atoms with Gasteiger partial charge in [-0.1, -0.05) is 69.8 Å². The van der Waals surface area contributed by atoms with Gasteiger partial charge in [0.15, 0.2) is 0 Å². The molecular weight excluding hydrogens is 272 g/mol. The standard InChI is InChI=1S/C20H36O2/c1-3-5-6-7-8-9-10-11-12-13-14-15-16-17-18-19-20(21)22-4-2/h9-12H,3-8,13-19H2,1-2H3. The SMILES string of the molecule is CCCCCCC=CC=CCCCCCCCC(=O)OCC. The van der Waals surface area contributed by atoms with Gasteiger partial charge in [-0.05, 0) is 39.0 Å². The molecule has 0 rings (SSSR count). The van der Waals surface area contributed by atoms with Crippen molar-refractivity contribution in [3.05, 3.63) is 24.3 Å². The van der Waals surface area contributed by atoms with E-state index >= 15 is 0 Å². The predicted octanol–water partition coefficient (Wildman–Crippen LogP) is 6.36. The Kier molecular flexibility index (Phi) is 17.1. The first-order chi connectivity index (χ1) is 10.8. The van der Waals surface area contributed by atoms with Gasteiger partial charge in [0.2, 0.25) is 0 Å². The normalized spacial score (nSPS) is 11.5. The Hall–Kier alpha value is -1.05. The van der Waals surface area contributed by atoms with E-state index in [1.165, 1.54) is 51.4 Å². The van der Waals surface area contributed by atoms with E-state index in [4.69, 9.17) is 4.74 Å². The molecule has 0 bridgehead atoms. The lowest BCUT2D eigenvalue weighted by Gasteiger charge is -2.01. The molecule has 0 heterocycles. The largest absolute Gasteiger partial charge is 0.466 e. The molecule has 0 unspecified atom stereocenters. The molecule has 0 saturated carbocycles. The van der Waals surface area contributed by atoms with E-state index in [2.05, 4.69) is 31.2 Å². The zero-order valence-corrected chi connectivity index (χ0v) is 14.8. The second kappa shape index (κ2) is 18.0. The van der Waals surface area contributed by atoms with Gasteiger partial charge in [0, 0.05) is 6.42 Å². The summed E-state index contributed by atoms with van der Waals surface area (Å²) in [6, 6.07) is 0. The molecule has 0 amide bonds. The summed E-state index contributed by atoms with van der Waals surface area (Å²) in [4.78, 5) is 11.1. The fourth-order valence-corrected chi connectivity index (χ4v) is 2.33. The summed E-state index contributed by atoms with van der Waals surface area (Å²) >= 11 is 0. The first-order valence-corrected chi connectivity index (χ1v) is 9.28. The Morgan fingerprint density at radius 2 is 1.32 bits per heavy atom. The minimum atomic E-state index is -0.0492. The monoisotopic (exact) mass is 308 g/mol. The minimum absolute atomic E-state index is 0.0492. The third-order valence-electron chi connectivity index (χ3n) is 3.66. The van der Waals surface area contributed by atoms with Gasteiger partial charge in [-0.2, -0.15) is 0 Å². The van der Waals surface area contributed by atoms with Gasteiger partial charge < -0.3 is 4.74 Å². The van der Waals surface area contributed by atoms with Gasteiger partial charge >= 0.3 is 5.97 Å². The smallest absolute Gasteiger partial charge is 0.305 e. The fraction of sp³-hybridized carbons (Fsp3) is 0.750. The highest BCUT2D eigenvalue weighted by atomic mass is 16.5. The van der Waals surface area contributed by atoms with Crippen LogP contribution >= 0.6 is 0 Å². The summed E-state index contributed by atoms with van der Waals surface area (Å²) < 4.78 is 4.91. The number of unbranched alkanes of at least 4 members (excludes halogenated alkanes) is 9. The Labute approximate surface area is 138 Å². The molecule has 0 saturated heterocycles. The molecule has 0 aromatic carbocycles. The van der Waals surface area contributed by atoms with E-state index in [1.54, 1.807) is 0 Å². The first kappa shape index (κ1) is 20.9.